The fourth-order valence-corrected chi connectivity index (χ4v) is 3.25. The summed E-state index contributed by atoms with van der Waals surface area (Å²) in [5.41, 5.74) is 1.05. The predicted molar refractivity (Wildman–Crippen MR) is 85.0 cm³/mol. The fourth-order valence-electron chi connectivity index (χ4n) is 2.11. The number of nitrogens with zero attached hydrogens (tertiary/aromatic N) is 1. The van der Waals surface area contributed by atoms with Crippen LogP contribution in [0.25, 0.3) is 0 Å². The summed E-state index contributed by atoms with van der Waals surface area (Å²) in [4.78, 5) is 13.8. The first kappa shape index (κ1) is 15.4. The van der Waals surface area contributed by atoms with E-state index < -0.39 is 22.5 Å². The lowest BCUT2D eigenvalue weighted by Crippen LogP contribution is -2.24. The van der Waals surface area contributed by atoms with Crippen molar-refractivity contribution < 1.29 is 17.8 Å². The second-order valence-electron chi connectivity index (χ2n) is 4.84. The highest BCUT2D eigenvalue weighted by atomic mass is 32.2. The highest BCUT2D eigenvalue weighted by Gasteiger charge is 2.33. The first-order chi connectivity index (χ1) is 11.0. The Morgan fingerprint density at radius 3 is 2.17 bits per heavy atom. The van der Waals surface area contributed by atoms with Crippen LogP contribution in [0.2, 0.25) is 0 Å². The van der Waals surface area contributed by atoms with Crippen molar-refractivity contribution in [1.82, 2.24) is 0 Å². The summed E-state index contributed by atoms with van der Waals surface area (Å²) < 4.78 is 37.9. The van der Waals surface area contributed by atoms with Crippen LogP contribution in [0.15, 0.2) is 59.6 Å². The van der Waals surface area contributed by atoms with Crippen molar-refractivity contribution in [2.45, 2.75) is 0 Å². The van der Waals surface area contributed by atoms with Gasteiger partial charge in [-0.25, -0.2) is 8.78 Å². The number of anilines is 2. The fraction of sp³-hybridized carbons (Fsp3) is 0.0625. The Morgan fingerprint density at radius 1 is 1.00 bits per heavy atom. The minimum absolute atomic E-state index is 0.0153. The Hall–Kier alpha value is -2.54. The molecule has 0 aliphatic carbocycles. The number of rotatable bonds is 3. The van der Waals surface area contributed by atoms with E-state index in [1.807, 2.05) is 0 Å². The van der Waals surface area contributed by atoms with Gasteiger partial charge >= 0.3 is 0 Å². The van der Waals surface area contributed by atoms with Crippen molar-refractivity contribution in [3.63, 3.8) is 0 Å². The van der Waals surface area contributed by atoms with Gasteiger partial charge in [-0.3, -0.25) is 13.9 Å². The Kier molecular flexibility index (Phi) is 4.20. The smallest absolute Gasteiger partial charge is 0.269 e. The van der Waals surface area contributed by atoms with E-state index in [0.717, 1.165) is 0 Å². The summed E-state index contributed by atoms with van der Waals surface area (Å²) >= 11 is 0. The molecule has 2 aromatic rings. The second-order valence-corrected chi connectivity index (χ2v) is 6.23. The van der Waals surface area contributed by atoms with E-state index in [-0.39, 0.29) is 16.6 Å². The third kappa shape index (κ3) is 3.29. The molecule has 1 unspecified atom stereocenters. The summed E-state index contributed by atoms with van der Waals surface area (Å²) in [6.07, 6.45) is 1.36. The van der Waals surface area contributed by atoms with E-state index in [9.17, 15) is 17.8 Å². The molecule has 3 rings (SSSR count). The molecule has 1 N–H and O–H groups in total. The zero-order valence-electron chi connectivity index (χ0n) is 11.8. The summed E-state index contributed by atoms with van der Waals surface area (Å²) in [5, 5.41) is 2.83. The van der Waals surface area contributed by atoms with Crippen LogP contribution in [0.4, 0.5) is 20.2 Å². The monoisotopic (exact) mass is 334 g/mol. The lowest BCUT2D eigenvalue weighted by molar-refractivity contribution is -0.114. The highest BCUT2D eigenvalue weighted by Crippen LogP contribution is 2.25. The molecular formula is C16H12F2N2O2S. The summed E-state index contributed by atoms with van der Waals surface area (Å²) in [5.74, 6) is -1.17. The van der Waals surface area contributed by atoms with Gasteiger partial charge in [-0.15, -0.1) is 0 Å². The molecule has 1 atom stereocenters. The standard InChI is InChI=1S/C16H12F2N2O2S/c17-11-1-5-13(6-2-11)19-9-15-16(21)20(10-23(15)22)14-7-3-12(18)4-8-14/h1-9,19H,10H2/b15-9+. The molecule has 1 aliphatic rings. The van der Waals surface area contributed by atoms with Crippen LogP contribution in [0.1, 0.15) is 0 Å². The van der Waals surface area contributed by atoms with Crippen LogP contribution in [-0.2, 0) is 15.6 Å². The van der Waals surface area contributed by atoms with E-state index in [1.165, 1.54) is 59.6 Å². The van der Waals surface area contributed by atoms with Gasteiger partial charge in [0.1, 0.15) is 22.4 Å². The summed E-state index contributed by atoms with van der Waals surface area (Å²) in [6.45, 7) is 0. The first-order valence-corrected chi connectivity index (χ1v) is 8.04. The van der Waals surface area contributed by atoms with E-state index in [0.29, 0.717) is 11.4 Å². The van der Waals surface area contributed by atoms with Crippen LogP contribution in [0.3, 0.4) is 0 Å². The van der Waals surface area contributed by atoms with Crippen molar-refractivity contribution in [3.8, 4) is 0 Å². The van der Waals surface area contributed by atoms with Gasteiger partial charge in [0.2, 0.25) is 0 Å². The molecule has 118 valence electrons. The molecule has 0 saturated carbocycles. The Labute approximate surface area is 133 Å². The number of hydrogen-bond donors (Lipinski definition) is 1. The number of carbonyl (C=O) groups excluding carboxylic acids is 1. The van der Waals surface area contributed by atoms with Gasteiger partial charge in [0, 0.05) is 17.6 Å². The number of benzene rings is 2. The number of hydrogen-bond acceptors (Lipinski definition) is 3. The molecule has 1 aliphatic heterocycles. The normalized spacial score (nSPS) is 19.4. The van der Waals surface area contributed by atoms with Crippen molar-refractivity contribution in [3.05, 3.63) is 71.3 Å². The lowest BCUT2D eigenvalue weighted by atomic mass is 10.3. The average Bonchev–Trinajstić information content (AvgIpc) is 2.82. The first-order valence-electron chi connectivity index (χ1n) is 6.73. The average molecular weight is 334 g/mol. The van der Waals surface area contributed by atoms with E-state index in [4.69, 9.17) is 0 Å². The van der Waals surface area contributed by atoms with Crippen LogP contribution >= 0.6 is 0 Å². The second kappa shape index (κ2) is 6.29. The van der Waals surface area contributed by atoms with E-state index >= 15 is 0 Å². The maximum absolute atomic E-state index is 12.9. The largest absolute Gasteiger partial charge is 0.360 e. The molecule has 1 heterocycles. The third-order valence-electron chi connectivity index (χ3n) is 3.30. The van der Waals surface area contributed by atoms with Crippen LogP contribution in [-0.4, -0.2) is 16.0 Å². The van der Waals surface area contributed by atoms with Crippen molar-refractivity contribution in [2.24, 2.45) is 0 Å². The molecule has 0 spiro atoms. The Morgan fingerprint density at radius 2 is 1.57 bits per heavy atom. The molecular weight excluding hydrogens is 322 g/mol. The molecule has 4 nitrogen and oxygen atoms in total. The molecule has 0 bridgehead atoms. The molecule has 23 heavy (non-hydrogen) atoms. The predicted octanol–water partition coefficient (Wildman–Crippen LogP) is 2.97. The van der Waals surface area contributed by atoms with Gasteiger partial charge in [-0.2, -0.15) is 0 Å². The quantitative estimate of drug-likeness (QED) is 0.878. The Balaban J connectivity index is 1.79. The van der Waals surface area contributed by atoms with Gasteiger partial charge in [0.15, 0.2) is 0 Å². The van der Waals surface area contributed by atoms with Crippen molar-refractivity contribution >= 4 is 28.1 Å². The third-order valence-corrected chi connectivity index (χ3v) is 4.58. The SMILES string of the molecule is O=C1/C(=C\Nc2ccc(F)cc2)S(=O)CN1c1ccc(F)cc1. The highest BCUT2D eigenvalue weighted by molar-refractivity contribution is 7.90. The number of nitrogens with one attached hydrogen (secondary N) is 1. The molecule has 0 aromatic heterocycles. The van der Waals surface area contributed by atoms with Gasteiger partial charge in [-0.1, -0.05) is 0 Å². The zero-order chi connectivity index (χ0) is 16.4. The van der Waals surface area contributed by atoms with Crippen LogP contribution in [0.5, 0.6) is 0 Å². The molecule has 2 aromatic carbocycles. The number of amides is 1. The van der Waals surface area contributed by atoms with Crippen molar-refractivity contribution in [2.75, 3.05) is 16.1 Å². The maximum Gasteiger partial charge on any atom is 0.269 e. The minimum Gasteiger partial charge on any atom is -0.360 e. The molecule has 1 fully saturated rings. The minimum atomic E-state index is -1.50. The van der Waals surface area contributed by atoms with E-state index in [1.54, 1.807) is 0 Å². The van der Waals surface area contributed by atoms with Crippen LogP contribution in [0, 0.1) is 11.6 Å². The topological polar surface area (TPSA) is 49.4 Å². The molecule has 7 heteroatoms. The van der Waals surface area contributed by atoms with Gasteiger partial charge in [-0.05, 0) is 48.5 Å². The van der Waals surface area contributed by atoms with Gasteiger partial charge in [0.05, 0.1) is 10.8 Å². The Bertz CT molecular complexity index is 789. The van der Waals surface area contributed by atoms with Crippen molar-refractivity contribution in [1.29, 1.82) is 0 Å². The number of carbonyl (C=O) groups is 1. The van der Waals surface area contributed by atoms with Gasteiger partial charge in [0.25, 0.3) is 5.91 Å². The number of halogens is 2. The van der Waals surface area contributed by atoms with E-state index in [2.05, 4.69) is 5.32 Å². The molecule has 1 amide bonds. The summed E-state index contributed by atoms with van der Waals surface area (Å²) in [6, 6.07) is 11.0. The molecule has 0 radical (unpaired) electrons. The van der Waals surface area contributed by atoms with Gasteiger partial charge < -0.3 is 5.32 Å². The maximum atomic E-state index is 12.9. The lowest BCUT2D eigenvalue weighted by Gasteiger charge is -2.13. The summed E-state index contributed by atoms with van der Waals surface area (Å²) in [7, 11) is -1.50. The zero-order valence-corrected chi connectivity index (χ0v) is 12.6. The molecule has 1 saturated heterocycles. The van der Waals surface area contributed by atoms with Crippen LogP contribution < -0.4 is 10.2 Å².